The molecule has 0 spiro atoms. The molecule has 4 nitrogen and oxygen atoms in total. The Morgan fingerprint density at radius 3 is 2.06 bits per heavy atom. The van der Waals surface area contributed by atoms with Gasteiger partial charge in [0.25, 0.3) is 0 Å². The Morgan fingerprint density at radius 2 is 1.61 bits per heavy atom. The van der Waals surface area contributed by atoms with Crippen LogP contribution in [0.15, 0.2) is 0 Å². The number of carbonyl (C=O) groups is 1. The van der Waals surface area contributed by atoms with E-state index in [9.17, 15) is 4.79 Å². The Hall–Kier alpha value is -0.770. The Morgan fingerprint density at radius 1 is 1.11 bits per heavy atom. The van der Waals surface area contributed by atoms with Crippen molar-refractivity contribution in [2.45, 2.75) is 64.1 Å². The number of piperidine rings is 1. The number of amides is 1. The van der Waals surface area contributed by atoms with Gasteiger partial charge in [-0.15, -0.1) is 0 Å². The van der Waals surface area contributed by atoms with Crippen molar-refractivity contribution in [2.75, 3.05) is 20.1 Å². The zero-order chi connectivity index (χ0) is 13.3. The van der Waals surface area contributed by atoms with E-state index in [0.29, 0.717) is 12.1 Å². The first-order chi connectivity index (χ1) is 8.37. The number of ether oxygens (including phenoxy) is 1. The van der Waals surface area contributed by atoms with Crippen LogP contribution in [-0.4, -0.2) is 53.7 Å². The van der Waals surface area contributed by atoms with Crippen LogP contribution in [0.4, 0.5) is 4.79 Å². The number of hydrogen-bond acceptors (Lipinski definition) is 3. The molecule has 0 atom stereocenters. The molecule has 1 saturated carbocycles. The van der Waals surface area contributed by atoms with Crippen molar-refractivity contribution in [3.63, 3.8) is 0 Å². The van der Waals surface area contributed by atoms with Crippen LogP contribution in [0.3, 0.4) is 0 Å². The van der Waals surface area contributed by atoms with Gasteiger partial charge in [0.05, 0.1) is 0 Å². The SMILES string of the molecule is CN1CCC(N(C(=O)OC(C)(C)C)C2CC2)CC1. The molecule has 104 valence electrons. The summed E-state index contributed by atoms with van der Waals surface area (Å²) in [5, 5.41) is 0. The predicted octanol–water partition coefficient (Wildman–Crippen LogP) is 2.48. The molecule has 0 aromatic rings. The minimum absolute atomic E-state index is 0.112. The average Bonchev–Trinajstić information content (AvgIpc) is 3.03. The van der Waals surface area contributed by atoms with Crippen LogP contribution in [0.25, 0.3) is 0 Å². The van der Waals surface area contributed by atoms with Gasteiger partial charge in [-0.2, -0.15) is 0 Å². The first kappa shape index (κ1) is 13.7. The maximum Gasteiger partial charge on any atom is 0.410 e. The van der Waals surface area contributed by atoms with Crippen molar-refractivity contribution >= 4 is 6.09 Å². The van der Waals surface area contributed by atoms with Crippen molar-refractivity contribution in [1.29, 1.82) is 0 Å². The van der Waals surface area contributed by atoms with Gasteiger partial charge in [-0.05, 0) is 66.6 Å². The van der Waals surface area contributed by atoms with E-state index in [4.69, 9.17) is 4.74 Å². The largest absolute Gasteiger partial charge is 0.444 e. The summed E-state index contributed by atoms with van der Waals surface area (Å²) in [4.78, 5) is 16.7. The fourth-order valence-electron chi connectivity index (χ4n) is 2.54. The third kappa shape index (κ3) is 3.61. The van der Waals surface area contributed by atoms with Gasteiger partial charge >= 0.3 is 6.09 Å². The second-order valence-corrected chi connectivity index (χ2v) is 6.65. The van der Waals surface area contributed by atoms with E-state index >= 15 is 0 Å². The number of hydrogen-bond donors (Lipinski definition) is 0. The van der Waals surface area contributed by atoms with E-state index in [1.807, 2.05) is 25.7 Å². The van der Waals surface area contributed by atoms with E-state index < -0.39 is 5.60 Å². The molecule has 2 fully saturated rings. The topological polar surface area (TPSA) is 32.8 Å². The van der Waals surface area contributed by atoms with E-state index in [1.165, 1.54) is 0 Å². The number of carbonyl (C=O) groups excluding carboxylic acids is 1. The maximum atomic E-state index is 12.3. The van der Waals surface area contributed by atoms with Crippen molar-refractivity contribution in [2.24, 2.45) is 0 Å². The van der Waals surface area contributed by atoms with Gasteiger partial charge in [0, 0.05) is 12.1 Å². The highest BCUT2D eigenvalue weighted by molar-refractivity contribution is 5.69. The Kier molecular flexibility index (Phi) is 3.85. The van der Waals surface area contributed by atoms with Crippen molar-refractivity contribution in [3.8, 4) is 0 Å². The van der Waals surface area contributed by atoms with Gasteiger partial charge in [0.1, 0.15) is 5.60 Å². The van der Waals surface area contributed by atoms with Crippen molar-refractivity contribution in [3.05, 3.63) is 0 Å². The molecule has 0 N–H and O–H groups in total. The second kappa shape index (κ2) is 5.08. The first-order valence-corrected chi connectivity index (χ1v) is 7.07. The summed E-state index contributed by atoms with van der Waals surface area (Å²) in [6.45, 7) is 7.97. The summed E-state index contributed by atoms with van der Waals surface area (Å²) < 4.78 is 5.55. The molecule has 0 radical (unpaired) electrons. The highest BCUT2D eigenvalue weighted by Gasteiger charge is 2.40. The maximum absolute atomic E-state index is 12.3. The Balaban J connectivity index is 1.97. The zero-order valence-corrected chi connectivity index (χ0v) is 12.1. The molecule has 0 aromatic carbocycles. The van der Waals surface area contributed by atoms with E-state index in [1.54, 1.807) is 0 Å². The van der Waals surface area contributed by atoms with E-state index in [2.05, 4.69) is 11.9 Å². The van der Waals surface area contributed by atoms with Crippen molar-refractivity contribution in [1.82, 2.24) is 9.80 Å². The number of rotatable bonds is 2. The molecule has 1 aliphatic carbocycles. The molecule has 1 aliphatic heterocycles. The van der Waals surface area contributed by atoms with E-state index in [-0.39, 0.29) is 6.09 Å². The van der Waals surface area contributed by atoms with Crippen LogP contribution in [0.1, 0.15) is 46.5 Å². The summed E-state index contributed by atoms with van der Waals surface area (Å²) in [5.41, 5.74) is -0.393. The average molecular weight is 254 g/mol. The van der Waals surface area contributed by atoms with Gasteiger partial charge in [-0.25, -0.2) is 4.79 Å². The molecule has 18 heavy (non-hydrogen) atoms. The first-order valence-electron chi connectivity index (χ1n) is 7.07. The Labute approximate surface area is 110 Å². The lowest BCUT2D eigenvalue weighted by molar-refractivity contribution is 0.00692. The predicted molar refractivity (Wildman–Crippen MR) is 71.6 cm³/mol. The number of nitrogens with zero attached hydrogens (tertiary/aromatic N) is 2. The van der Waals surface area contributed by atoms with Crippen LogP contribution in [0.5, 0.6) is 0 Å². The van der Waals surface area contributed by atoms with Gasteiger partial charge in [-0.1, -0.05) is 0 Å². The molecule has 1 amide bonds. The standard InChI is InChI=1S/C14H26N2O2/c1-14(2,3)18-13(17)16(11-5-6-11)12-7-9-15(4)10-8-12/h11-12H,5-10H2,1-4H3. The van der Waals surface area contributed by atoms with Crippen LogP contribution < -0.4 is 0 Å². The normalized spacial score (nSPS) is 22.9. The fourth-order valence-corrected chi connectivity index (χ4v) is 2.54. The molecule has 0 unspecified atom stereocenters. The van der Waals surface area contributed by atoms with Gasteiger partial charge < -0.3 is 14.5 Å². The minimum Gasteiger partial charge on any atom is -0.444 e. The quantitative estimate of drug-likeness (QED) is 0.759. The molecule has 1 heterocycles. The smallest absolute Gasteiger partial charge is 0.410 e. The summed E-state index contributed by atoms with van der Waals surface area (Å²) in [6, 6.07) is 0.816. The van der Waals surface area contributed by atoms with Gasteiger partial charge in [-0.3, -0.25) is 0 Å². The third-order valence-corrected chi connectivity index (χ3v) is 3.63. The van der Waals surface area contributed by atoms with Crippen LogP contribution >= 0.6 is 0 Å². The Bertz CT molecular complexity index is 299. The molecule has 0 bridgehead atoms. The lowest BCUT2D eigenvalue weighted by Gasteiger charge is -2.38. The third-order valence-electron chi connectivity index (χ3n) is 3.63. The summed E-state index contributed by atoms with van der Waals surface area (Å²) in [7, 11) is 2.14. The molecule has 0 aromatic heterocycles. The molecular weight excluding hydrogens is 228 g/mol. The summed E-state index contributed by atoms with van der Waals surface area (Å²) in [5.74, 6) is 0. The number of likely N-dealkylation sites (tertiary alicyclic amines) is 1. The molecule has 2 rings (SSSR count). The van der Waals surface area contributed by atoms with Gasteiger partial charge in [0.2, 0.25) is 0 Å². The summed E-state index contributed by atoms with van der Waals surface area (Å²) in [6.07, 6.45) is 4.33. The fraction of sp³-hybridized carbons (Fsp3) is 0.929. The molecular formula is C14H26N2O2. The molecule has 1 saturated heterocycles. The van der Waals surface area contributed by atoms with Crippen LogP contribution in [0.2, 0.25) is 0 Å². The second-order valence-electron chi connectivity index (χ2n) is 6.65. The van der Waals surface area contributed by atoms with Crippen LogP contribution in [0, 0.1) is 0 Å². The van der Waals surface area contributed by atoms with Gasteiger partial charge in [0.15, 0.2) is 0 Å². The minimum atomic E-state index is -0.393. The zero-order valence-electron chi connectivity index (χ0n) is 12.1. The van der Waals surface area contributed by atoms with Crippen molar-refractivity contribution < 1.29 is 9.53 Å². The highest BCUT2D eigenvalue weighted by atomic mass is 16.6. The monoisotopic (exact) mass is 254 g/mol. The molecule has 4 heteroatoms. The molecule has 2 aliphatic rings. The highest BCUT2D eigenvalue weighted by Crippen LogP contribution is 2.33. The lowest BCUT2D eigenvalue weighted by atomic mass is 10.0. The summed E-state index contributed by atoms with van der Waals surface area (Å²) >= 11 is 0. The lowest BCUT2D eigenvalue weighted by Crippen LogP contribution is -2.49. The van der Waals surface area contributed by atoms with E-state index in [0.717, 1.165) is 38.8 Å². The van der Waals surface area contributed by atoms with Crippen LogP contribution in [-0.2, 0) is 4.74 Å².